The molecule has 3 aromatic rings. The topological polar surface area (TPSA) is 90.5 Å². The summed E-state index contributed by atoms with van der Waals surface area (Å²) in [6.45, 7) is 1.85. The molecule has 3 aromatic heterocycles. The zero-order valence-corrected chi connectivity index (χ0v) is 14.0. The largest absolute Gasteiger partial charge is 0.368 e. The minimum absolute atomic E-state index is 0.111. The number of halogens is 2. The second kappa shape index (κ2) is 6.05. The lowest BCUT2D eigenvalue weighted by atomic mass is 9.64. The molecule has 6 nitrogen and oxygen atoms in total. The molecule has 2 N–H and O–H groups in total. The van der Waals surface area contributed by atoms with E-state index in [4.69, 9.17) is 5.73 Å². The molecule has 4 rings (SSSR count). The van der Waals surface area contributed by atoms with E-state index < -0.39 is 17.4 Å². The van der Waals surface area contributed by atoms with E-state index in [1.165, 1.54) is 18.3 Å². The van der Waals surface area contributed by atoms with Gasteiger partial charge in [0.15, 0.2) is 0 Å². The summed E-state index contributed by atoms with van der Waals surface area (Å²) in [5.41, 5.74) is 7.00. The van der Waals surface area contributed by atoms with Gasteiger partial charge in [-0.05, 0) is 37.5 Å². The van der Waals surface area contributed by atoms with Crippen molar-refractivity contribution in [2.75, 3.05) is 5.73 Å². The molecule has 3 heterocycles. The third-order valence-electron chi connectivity index (χ3n) is 4.70. The lowest BCUT2D eigenvalue weighted by molar-refractivity contribution is 0.110. The molecule has 26 heavy (non-hydrogen) atoms. The Labute approximate surface area is 148 Å². The van der Waals surface area contributed by atoms with Crippen LogP contribution in [-0.2, 0) is 5.41 Å². The molecule has 0 amide bonds. The monoisotopic (exact) mass is 354 g/mol. The fraction of sp³-hybridized carbons (Fsp3) is 0.278. The van der Waals surface area contributed by atoms with Crippen molar-refractivity contribution in [1.82, 2.24) is 24.9 Å². The van der Waals surface area contributed by atoms with E-state index in [1.54, 1.807) is 18.6 Å². The van der Waals surface area contributed by atoms with Crippen LogP contribution in [0.3, 0.4) is 0 Å². The average Bonchev–Trinajstić information content (AvgIpc) is 2.62. The second-order valence-electron chi connectivity index (χ2n) is 6.48. The van der Waals surface area contributed by atoms with Gasteiger partial charge < -0.3 is 5.73 Å². The zero-order valence-electron chi connectivity index (χ0n) is 14.0. The smallest absolute Gasteiger partial charge is 0.220 e. The average molecular weight is 354 g/mol. The molecule has 1 aliphatic carbocycles. The fourth-order valence-corrected chi connectivity index (χ4v) is 3.36. The summed E-state index contributed by atoms with van der Waals surface area (Å²) in [6, 6.07) is 2.82. The van der Waals surface area contributed by atoms with Gasteiger partial charge in [0.1, 0.15) is 17.8 Å². The molecule has 132 valence electrons. The van der Waals surface area contributed by atoms with Crippen molar-refractivity contribution >= 4 is 5.95 Å². The van der Waals surface area contributed by atoms with Crippen LogP contribution in [0.5, 0.6) is 0 Å². The van der Waals surface area contributed by atoms with Gasteiger partial charge in [0, 0.05) is 30.4 Å². The van der Waals surface area contributed by atoms with Crippen molar-refractivity contribution in [3.05, 3.63) is 59.8 Å². The number of nitrogens with zero attached hydrogens (tertiary/aromatic N) is 5. The van der Waals surface area contributed by atoms with E-state index in [9.17, 15) is 8.78 Å². The fourth-order valence-electron chi connectivity index (χ4n) is 3.36. The normalized spacial score (nSPS) is 22.0. The third-order valence-corrected chi connectivity index (χ3v) is 4.70. The van der Waals surface area contributed by atoms with E-state index in [1.807, 2.05) is 6.92 Å². The highest BCUT2D eigenvalue weighted by Gasteiger charge is 2.52. The van der Waals surface area contributed by atoms with E-state index >= 15 is 0 Å². The van der Waals surface area contributed by atoms with Crippen LogP contribution in [0.25, 0.3) is 11.3 Å². The Morgan fingerprint density at radius 1 is 1.12 bits per heavy atom. The summed E-state index contributed by atoms with van der Waals surface area (Å²) in [4.78, 5) is 21.0. The number of hydrogen-bond donors (Lipinski definition) is 1. The van der Waals surface area contributed by atoms with Crippen molar-refractivity contribution < 1.29 is 8.78 Å². The molecule has 0 aromatic carbocycles. The summed E-state index contributed by atoms with van der Waals surface area (Å²) >= 11 is 0. The van der Waals surface area contributed by atoms with Gasteiger partial charge in [0.25, 0.3) is 0 Å². The number of aromatic nitrogens is 5. The first-order valence-corrected chi connectivity index (χ1v) is 8.17. The van der Waals surface area contributed by atoms with Crippen molar-refractivity contribution in [2.45, 2.75) is 31.4 Å². The number of nitrogens with two attached hydrogens (primary N) is 1. The number of anilines is 1. The van der Waals surface area contributed by atoms with Gasteiger partial charge in [-0.3, -0.25) is 4.98 Å². The van der Waals surface area contributed by atoms with E-state index in [0.717, 1.165) is 5.56 Å². The van der Waals surface area contributed by atoms with Crippen LogP contribution in [0.1, 0.15) is 29.9 Å². The molecule has 0 aliphatic heterocycles. The molecule has 0 spiro atoms. The van der Waals surface area contributed by atoms with Gasteiger partial charge in [0.2, 0.25) is 5.95 Å². The summed E-state index contributed by atoms with van der Waals surface area (Å²) in [7, 11) is 0. The van der Waals surface area contributed by atoms with Crippen LogP contribution in [0, 0.1) is 12.7 Å². The molecular weight excluding hydrogens is 338 g/mol. The van der Waals surface area contributed by atoms with E-state index in [2.05, 4.69) is 24.9 Å². The van der Waals surface area contributed by atoms with Gasteiger partial charge >= 0.3 is 0 Å². The number of hydrogen-bond acceptors (Lipinski definition) is 6. The van der Waals surface area contributed by atoms with Crippen molar-refractivity contribution in [1.29, 1.82) is 0 Å². The molecule has 0 radical (unpaired) electrons. The van der Waals surface area contributed by atoms with Gasteiger partial charge in [-0.15, -0.1) is 0 Å². The number of alkyl halides is 1. The van der Waals surface area contributed by atoms with Crippen LogP contribution in [-0.4, -0.2) is 31.1 Å². The molecule has 0 bridgehead atoms. The summed E-state index contributed by atoms with van der Waals surface area (Å²) in [5.74, 6) is 0.0277. The molecule has 1 fully saturated rings. The quantitative estimate of drug-likeness (QED) is 0.778. The Bertz CT molecular complexity index is 954. The molecule has 1 aliphatic rings. The Kier molecular flexibility index (Phi) is 3.82. The highest BCUT2D eigenvalue weighted by molar-refractivity contribution is 5.61. The predicted octanol–water partition coefficient (Wildman–Crippen LogP) is 2.78. The minimum Gasteiger partial charge on any atom is -0.368 e. The lowest BCUT2D eigenvalue weighted by Crippen LogP contribution is -2.46. The number of nitrogen functional groups attached to an aromatic ring is 1. The molecule has 8 heteroatoms. The Hall–Kier alpha value is -3.03. The predicted molar refractivity (Wildman–Crippen MR) is 91.3 cm³/mol. The highest BCUT2D eigenvalue weighted by atomic mass is 19.1. The maximum Gasteiger partial charge on any atom is 0.220 e. The molecular formula is C18H16F2N6. The second-order valence-corrected chi connectivity index (χ2v) is 6.48. The maximum atomic E-state index is 14.3. The van der Waals surface area contributed by atoms with Crippen LogP contribution >= 0.6 is 0 Å². The first-order chi connectivity index (χ1) is 12.5. The van der Waals surface area contributed by atoms with E-state index in [-0.39, 0.29) is 24.5 Å². The first-order valence-electron chi connectivity index (χ1n) is 8.17. The Morgan fingerprint density at radius 3 is 2.50 bits per heavy atom. The molecule has 0 atom stereocenters. The minimum atomic E-state index is -1.02. The number of pyridine rings is 1. The van der Waals surface area contributed by atoms with E-state index in [0.29, 0.717) is 17.1 Å². The first kappa shape index (κ1) is 16.4. The van der Waals surface area contributed by atoms with Crippen LogP contribution in [0.15, 0.2) is 36.9 Å². The summed E-state index contributed by atoms with van der Waals surface area (Å²) in [6.07, 6.45) is 5.49. The van der Waals surface area contributed by atoms with Crippen LogP contribution in [0.4, 0.5) is 14.7 Å². The summed E-state index contributed by atoms with van der Waals surface area (Å²) in [5, 5.41) is 0. The standard InChI is InChI=1S/C18H16F2N6/c1-10-7-25-17(21)26-14(10)11-8-23-16(24-9-11)18(5-12(19)6-18)15-13(20)3-2-4-22-15/h2-4,7-9,12H,5-6H2,1H3,(H2,21,25,26). The summed E-state index contributed by atoms with van der Waals surface area (Å²) < 4.78 is 28.0. The van der Waals surface area contributed by atoms with Crippen LogP contribution in [0.2, 0.25) is 0 Å². The van der Waals surface area contributed by atoms with Gasteiger partial charge in [-0.1, -0.05) is 0 Å². The maximum absolute atomic E-state index is 14.3. The van der Waals surface area contributed by atoms with Gasteiger partial charge in [-0.2, -0.15) is 0 Å². The van der Waals surface area contributed by atoms with Gasteiger partial charge in [0.05, 0.1) is 16.8 Å². The molecule has 0 unspecified atom stereocenters. The highest BCUT2D eigenvalue weighted by Crippen LogP contribution is 2.49. The van der Waals surface area contributed by atoms with Crippen molar-refractivity contribution in [3.8, 4) is 11.3 Å². The molecule has 1 saturated carbocycles. The van der Waals surface area contributed by atoms with Gasteiger partial charge in [-0.25, -0.2) is 28.7 Å². The number of rotatable bonds is 3. The zero-order chi connectivity index (χ0) is 18.3. The SMILES string of the molecule is Cc1cnc(N)nc1-c1cnc(C2(c3ncccc3F)CC(F)C2)nc1. The number of aryl methyl sites for hydroxylation is 1. The Morgan fingerprint density at radius 2 is 1.85 bits per heavy atom. The third kappa shape index (κ3) is 2.58. The Balaban J connectivity index is 1.75. The van der Waals surface area contributed by atoms with Crippen molar-refractivity contribution in [2.24, 2.45) is 0 Å². The van der Waals surface area contributed by atoms with Crippen LogP contribution < -0.4 is 5.73 Å². The molecule has 0 saturated heterocycles. The lowest BCUT2D eigenvalue weighted by Gasteiger charge is -2.42. The van der Waals surface area contributed by atoms with Crippen molar-refractivity contribution in [3.63, 3.8) is 0 Å².